The van der Waals surface area contributed by atoms with Crippen LogP contribution in [0.5, 0.6) is 0 Å². The summed E-state index contributed by atoms with van der Waals surface area (Å²) in [6, 6.07) is 132. The van der Waals surface area contributed by atoms with Crippen molar-refractivity contribution in [3.8, 4) is 22.7 Å². The zero-order valence-corrected chi connectivity index (χ0v) is 52.2. The zero-order chi connectivity index (χ0) is 60.5. The van der Waals surface area contributed by atoms with Crippen molar-refractivity contribution in [3.05, 3.63) is 352 Å². The summed E-state index contributed by atoms with van der Waals surface area (Å²) in [7, 11) is -6.97. The maximum Gasteiger partial charge on any atom is 0.318 e. The molecule has 0 amide bonds. The van der Waals surface area contributed by atoms with E-state index in [9.17, 15) is 0 Å². The number of hydrogen-bond donors (Lipinski definition) is 0. The molecule has 6 nitrogen and oxygen atoms in total. The van der Waals surface area contributed by atoms with Gasteiger partial charge in [0.05, 0.1) is 44.1 Å². The molecule has 0 atom stereocenters. The fraction of sp³-hybridized carbons (Fsp3) is 0. The van der Waals surface area contributed by atoms with E-state index in [1.165, 1.54) is 97.3 Å². The van der Waals surface area contributed by atoms with Crippen LogP contribution in [0.2, 0.25) is 0 Å². The Labute approximate surface area is 534 Å². The Hall–Kier alpha value is -11.7. The zero-order valence-electron chi connectivity index (χ0n) is 50.2. The van der Waals surface area contributed by atoms with Gasteiger partial charge >= 0.3 is 16.8 Å². The monoisotopic (exact) mass is 1210 g/mol. The Morgan fingerprint density at radius 1 is 0.152 bits per heavy atom. The molecule has 0 N–H and O–H groups in total. The summed E-state index contributed by atoms with van der Waals surface area (Å²) in [4.78, 5) is 0. The highest BCUT2D eigenvalue weighted by Crippen LogP contribution is 2.49. The Morgan fingerprint density at radius 2 is 0.359 bits per heavy atom. The van der Waals surface area contributed by atoms with Crippen molar-refractivity contribution < 1.29 is 0 Å². The fourth-order valence-electron chi connectivity index (χ4n) is 16.1. The van der Waals surface area contributed by atoms with Crippen LogP contribution in [0.25, 0.3) is 110 Å². The highest BCUT2D eigenvalue weighted by atomic mass is 28.5. The van der Waals surface area contributed by atoms with Crippen LogP contribution < -0.4 is 29.2 Å². The maximum atomic E-state index is 3.04. The second kappa shape index (κ2) is 20.4. The average molecular weight is 1210 g/mol. The minimum Gasteiger partial charge on any atom is -0.378 e. The van der Waals surface area contributed by atoms with Gasteiger partial charge in [0.1, 0.15) is 0 Å². The number of anilines is 2. The van der Waals surface area contributed by atoms with Crippen LogP contribution in [-0.2, 0) is 0 Å². The van der Waals surface area contributed by atoms with Crippen LogP contribution in [0.3, 0.4) is 0 Å². The number of para-hydroxylation sites is 6. The molecule has 0 bridgehead atoms. The first-order chi connectivity index (χ1) is 45.7. The van der Waals surface area contributed by atoms with Gasteiger partial charge in [-0.15, -0.1) is 0 Å². The lowest BCUT2D eigenvalue weighted by Gasteiger charge is -2.73. The summed E-state index contributed by atoms with van der Waals surface area (Å²) in [6.07, 6.45) is 0. The van der Waals surface area contributed by atoms with Gasteiger partial charge in [0.15, 0.2) is 0 Å². The SMILES string of the molecule is c1ccc(-n2c3ccc(N4[Si](c5ccccc5)(c5ccccc5)N(c5ccc6c(c5)c5cc(-n7c8ccccc8c8ccccc87)ccc5n6-c5ccccc5)[Si]4(c4ccccc4)c4ccccc4)cc3c3cc(-n4c5ccccc5c5ccccc54)ccc32)cc1. The molecule has 1 aliphatic rings. The van der Waals surface area contributed by atoms with Crippen molar-refractivity contribution in [3.63, 3.8) is 0 Å². The second-order valence-corrected chi connectivity index (χ2v) is 32.0. The molecule has 0 spiro atoms. The summed E-state index contributed by atoms with van der Waals surface area (Å²) in [6.45, 7) is 0. The predicted molar refractivity (Wildman–Crippen MR) is 391 cm³/mol. The molecular formula is C84H58N6Si2. The van der Waals surface area contributed by atoms with Gasteiger partial charge in [0, 0.05) is 77.2 Å². The molecule has 1 fully saturated rings. The minimum atomic E-state index is -3.49. The Morgan fingerprint density at radius 3 is 0.641 bits per heavy atom. The Balaban J connectivity index is 0.922. The molecule has 0 radical (unpaired) electrons. The van der Waals surface area contributed by atoms with E-state index in [4.69, 9.17) is 0 Å². The number of benzene rings is 14. The van der Waals surface area contributed by atoms with Crippen LogP contribution in [0.15, 0.2) is 352 Å². The van der Waals surface area contributed by atoms with Crippen molar-refractivity contribution in [2.24, 2.45) is 0 Å². The quantitative estimate of drug-likeness (QED) is 0.128. The minimum absolute atomic E-state index is 1.13. The van der Waals surface area contributed by atoms with Gasteiger partial charge in [0.25, 0.3) is 0 Å². The number of nitrogens with zero attached hydrogens (tertiary/aromatic N) is 6. The molecule has 5 heterocycles. The summed E-state index contributed by atoms with van der Waals surface area (Å²) in [5.41, 5.74) is 16.3. The summed E-state index contributed by atoms with van der Waals surface area (Å²) in [5, 5.41) is 15.0. The molecule has 92 heavy (non-hydrogen) atoms. The van der Waals surface area contributed by atoms with Gasteiger partial charge in [-0.3, -0.25) is 0 Å². The standard InChI is InChI=1S/C84H58N6Si2/c1-7-27-59(28-8-1)85-81-51-47-61(87-77-43-23-19-39-69(77)70-40-20-24-44-78(70)87)55-73(81)75-57-63(49-53-83(75)85)89-91(65-31-11-3-12-32-65,66-33-13-4-14-34-66)90(92(89,67-35-15-5-16-36-67)68-37-17-6-18-38-68)64-50-54-84-76(58-64)74-56-62(48-52-82(74)86(84)60-29-9-2-10-30-60)88-79-45-25-21-41-71(79)72-42-22-26-46-80(72)88/h1-58H. The van der Waals surface area contributed by atoms with E-state index < -0.39 is 16.8 Å². The van der Waals surface area contributed by atoms with Gasteiger partial charge in [-0.05, 0) is 142 Å². The lowest BCUT2D eigenvalue weighted by Crippen LogP contribution is -3.07. The molecule has 14 aromatic carbocycles. The first-order valence-electron chi connectivity index (χ1n) is 31.8. The van der Waals surface area contributed by atoms with Crippen LogP contribution in [0.4, 0.5) is 11.4 Å². The topological polar surface area (TPSA) is 26.2 Å². The highest BCUT2D eigenvalue weighted by molar-refractivity contribution is 7.38. The smallest absolute Gasteiger partial charge is 0.318 e. The van der Waals surface area contributed by atoms with Crippen LogP contribution in [0.1, 0.15) is 0 Å². The van der Waals surface area contributed by atoms with Gasteiger partial charge in [-0.2, -0.15) is 0 Å². The van der Waals surface area contributed by atoms with E-state index in [0.29, 0.717) is 0 Å². The normalized spacial score (nSPS) is 13.8. The third kappa shape index (κ3) is 7.35. The van der Waals surface area contributed by atoms with E-state index in [1.54, 1.807) is 0 Å². The van der Waals surface area contributed by atoms with Crippen molar-refractivity contribution in [2.45, 2.75) is 0 Å². The van der Waals surface area contributed by atoms with Crippen LogP contribution in [-0.4, -0.2) is 35.1 Å². The number of hydrogen-bond acceptors (Lipinski definition) is 2. The molecule has 8 heteroatoms. The predicted octanol–water partition coefficient (Wildman–Crippen LogP) is 17.9. The first-order valence-corrected chi connectivity index (χ1v) is 35.5. The van der Waals surface area contributed by atoms with E-state index in [2.05, 4.69) is 379 Å². The van der Waals surface area contributed by atoms with Gasteiger partial charge < -0.3 is 26.7 Å². The molecule has 0 saturated carbocycles. The maximum absolute atomic E-state index is 3.49. The van der Waals surface area contributed by atoms with Gasteiger partial charge in [0.2, 0.25) is 0 Å². The third-order valence-corrected chi connectivity index (χ3v) is 31.7. The second-order valence-electron chi connectivity index (χ2n) is 24.4. The van der Waals surface area contributed by atoms with Crippen LogP contribution >= 0.6 is 0 Å². The molecule has 18 aromatic rings. The molecular weight excluding hydrogens is 1150 g/mol. The molecule has 1 aliphatic heterocycles. The molecule has 0 unspecified atom stereocenters. The van der Waals surface area contributed by atoms with Crippen LogP contribution in [0, 0.1) is 0 Å². The lowest BCUT2D eigenvalue weighted by atomic mass is 10.1. The summed E-state index contributed by atoms with van der Waals surface area (Å²) < 4.78 is 15.9. The molecule has 1 saturated heterocycles. The van der Waals surface area contributed by atoms with Crippen molar-refractivity contribution >= 4 is 136 Å². The molecule has 432 valence electrons. The van der Waals surface area contributed by atoms with Gasteiger partial charge in [-0.25, -0.2) is 0 Å². The highest BCUT2D eigenvalue weighted by Gasteiger charge is 2.75. The van der Waals surface area contributed by atoms with E-state index >= 15 is 0 Å². The molecule has 19 rings (SSSR count). The third-order valence-electron chi connectivity index (χ3n) is 19.7. The molecule has 0 aliphatic carbocycles. The first kappa shape index (κ1) is 52.3. The molecule has 4 aromatic heterocycles. The fourth-order valence-corrected chi connectivity index (χ4v) is 31.3. The van der Waals surface area contributed by atoms with E-state index in [1.807, 2.05) is 0 Å². The van der Waals surface area contributed by atoms with Crippen molar-refractivity contribution in [2.75, 3.05) is 8.46 Å². The van der Waals surface area contributed by atoms with Gasteiger partial charge in [-0.1, -0.05) is 231 Å². The lowest BCUT2D eigenvalue weighted by molar-refractivity contribution is 1.16. The summed E-state index contributed by atoms with van der Waals surface area (Å²) in [5.74, 6) is 0. The van der Waals surface area contributed by atoms with E-state index in [-0.39, 0.29) is 0 Å². The Kier molecular flexibility index (Phi) is 11.6. The van der Waals surface area contributed by atoms with Crippen molar-refractivity contribution in [1.82, 2.24) is 18.3 Å². The van der Waals surface area contributed by atoms with E-state index in [0.717, 1.165) is 44.8 Å². The largest absolute Gasteiger partial charge is 0.378 e. The Bertz CT molecular complexity index is 5340. The number of rotatable bonds is 10. The number of aromatic nitrogens is 4. The average Bonchev–Trinajstić information content (AvgIpc) is 0.755. The number of fused-ring (bicyclic) bond motifs is 12. The van der Waals surface area contributed by atoms with Crippen molar-refractivity contribution in [1.29, 1.82) is 0 Å². The summed E-state index contributed by atoms with van der Waals surface area (Å²) >= 11 is 0.